The first-order chi connectivity index (χ1) is 9.08. The molecule has 0 saturated heterocycles. The van der Waals surface area contributed by atoms with Gasteiger partial charge in [-0.15, -0.1) is 0 Å². The summed E-state index contributed by atoms with van der Waals surface area (Å²) in [6.45, 7) is 2.34. The summed E-state index contributed by atoms with van der Waals surface area (Å²) in [6.07, 6.45) is 6.02. The van der Waals surface area contributed by atoms with Crippen molar-refractivity contribution in [2.75, 3.05) is 6.54 Å². The van der Waals surface area contributed by atoms with Crippen molar-refractivity contribution in [1.82, 2.24) is 4.72 Å². The third-order valence-corrected chi connectivity index (χ3v) is 4.55. The SMILES string of the molecule is CCCCC(C#N)S(=O)(=O)NCCCCCCC#N. The second-order valence-corrected chi connectivity index (χ2v) is 6.47. The van der Waals surface area contributed by atoms with Gasteiger partial charge in [-0.05, 0) is 19.3 Å². The van der Waals surface area contributed by atoms with E-state index in [-0.39, 0.29) is 0 Å². The first-order valence-electron chi connectivity index (χ1n) is 6.83. The smallest absolute Gasteiger partial charge is 0.214 e. The van der Waals surface area contributed by atoms with Gasteiger partial charge in [-0.25, -0.2) is 13.1 Å². The van der Waals surface area contributed by atoms with Crippen LogP contribution in [0.1, 0.15) is 58.3 Å². The quantitative estimate of drug-likeness (QED) is 0.590. The topological polar surface area (TPSA) is 93.8 Å². The van der Waals surface area contributed by atoms with Crippen molar-refractivity contribution in [3.05, 3.63) is 0 Å². The summed E-state index contributed by atoms with van der Waals surface area (Å²) >= 11 is 0. The molecule has 0 rings (SSSR count). The molecule has 0 aliphatic heterocycles. The molecule has 6 heteroatoms. The second kappa shape index (κ2) is 10.8. The highest BCUT2D eigenvalue weighted by Crippen LogP contribution is 2.09. The average molecular weight is 285 g/mol. The van der Waals surface area contributed by atoms with E-state index in [9.17, 15) is 8.42 Å². The van der Waals surface area contributed by atoms with Gasteiger partial charge in [0.1, 0.15) is 0 Å². The van der Waals surface area contributed by atoms with E-state index in [2.05, 4.69) is 10.8 Å². The maximum atomic E-state index is 11.8. The zero-order chi connectivity index (χ0) is 14.6. The number of unbranched alkanes of at least 4 members (excludes halogenated alkanes) is 5. The number of hydrogen-bond acceptors (Lipinski definition) is 4. The molecule has 0 saturated carbocycles. The number of nitrogens with one attached hydrogen (secondary N) is 1. The van der Waals surface area contributed by atoms with Gasteiger partial charge >= 0.3 is 0 Å². The van der Waals surface area contributed by atoms with Gasteiger partial charge in [0.2, 0.25) is 10.0 Å². The van der Waals surface area contributed by atoms with Crippen LogP contribution >= 0.6 is 0 Å². The Hall–Kier alpha value is -1.11. The summed E-state index contributed by atoms with van der Waals surface area (Å²) in [5.74, 6) is 0. The maximum Gasteiger partial charge on any atom is 0.227 e. The Morgan fingerprint density at radius 2 is 1.79 bits per heavy atom. The monoisotopic (exact) mass is 285 g/mol. The normalized spacial score (nSPS) is 12.6. The molecule has 0 spiro atoms. The minimum atomic E-state index is -3.51. The molecule has 19 heavy (non-hydrogen) atoms. The van der Waals surface area contributed by atoms with E-state index in [4.69, 9.17) is 10.5 Å². The Morgan fingerprint density at radius 3 is 2.37 bits per heavy atom. The lowest BCUT2D eigenvalue weighted by molar-refractivity contribution is 0.559. The highest BCUT2D eigenvalue weighted by Gasteiger charge is 2.23. The largest absolute Gasteiger partial charge is 0.227 e. The first-order valence-corrected chi connectivity index (χ1v) is 8.38. The van der Waals surface area contributed by atoms with E-state index in [1.54, 1.807) is 0 Å². The van der Waals surface area contributed by atoms with Crippen molar-refractivity contribution in [1.29, 1.82) is 10.5 Å². The fourth-order valence-corrected chi connectivity index (χ4v) is 2.92. The van der Waals surface area contributed by atoms with Gasteiger partial charge in [0.25, 0.3) is 0 Å². The highest BCUT2D eigenvalue weighted by atomic mass is 32.2. The average Bonchev–Trinajstić information content (AvgIpc) is 2.38. The predicted molar refractivity (Wildman–Crippen MR) is 74.5 cm³/mol. The van der Waals surface area contributed by atoms with Crippen molar-refractivity contribution >= 4 is 10.0 Å². The van der Waals surface area contributed by atoms with E-state index in [1.165, 1.54) is 0 Å². The van der Waals surface area contributed by atoms with Crippen LogP contribution in [0.5, 0.6) is 0 Å². The van der Waals surface area contributed by atoms with Crippen LogP contribution in [0.15, 0.2) is 0 Å². The Morgan fingerprint density at radius 1 is 1.11 bits per heavy atom. The fourth-order valence-electron chi connectivity index (χ4n) is 1.68. The Kier molecular flexibility index (Phi) is 10.1. The van der Waals surface area contributed by atoms with Gasteiger partial charge in [0, 0.05) is 13.0 Å². The summed E-state index contributed by atoms with van der Waals surface area (Å²) in [5, 5.41) is 16.3. The van der Waals surface area contributed by atoms with Gasteiger partial charge in [-0.2, -0.15) is 10.5 Å². The zero-order valence-electron chi connectivity index (χ0n) is 11.6. The summed E-state index contributed by atoms with van der Waals surface area (Å²) in [7, 11) is -3.51. The number of sulfonamides is 1. The molecule has 0 heterocycles. The summed E-state index contributed by atoms with van der Waals surface area (Å²) in [4.78, 5) is 0. The molecule has 0 radical (unpaired) electrons. The maximum absolute atomic E-state index is 11.8. The van der Waals surface area contributed by atoms with Gasteiger partial charge < -0.3 is 0 Å². The van der Waals surface area contributed by atoms with Gasteiger partial charge in [0.05, 0.1) is 12.1 Å². The second-order valence-electron chi connectivity index (χ2n) is 4.52. The van der Waals surface area contributed by atoms with Crippen molar-refractivity contribution in [3.63, 3.8) is 0 Å². The Bertz CT molecular complexity index is 407. The Balaban J connectivity index is 3.90. The third-order valence-electron chi connectivity index (χ3n) is 2.86. The molecular formula is C13H23N3O2S. The molecule has 0 fully saturated rings. The lowest BCUT2D eigenvalue weighted by Crippen LogP contribution is -2.34. The van der Waals surface area contributed by atoms with Crippen LogP contribution in [0.25, 0.3) is 0 Å². The van der Waals surface area contributed by atoms with Crippen LogP contribution in [0.3, 0.4) is 0 Å². The molecule has 0 aliphatic rings. The van der Waals surface area contributed by atoms with E-state index in [0.29, 0.717) is 19.4 Å². The van der Waals surface area contributed by atoms with Crippen LogP contribution in [0, 0.1) is 22.7 Å². The van der Waals surface area contributed by atoms with Crippen LogP contribution in [0.2, 0.25) is 0 Å². The number of rotatable bonds is 11. The lowest BCUT2D eigenvalue weighted by Gasteiger charge is -2.11. The molecule has 0 aromatic rings. The molecule has 0 aromatic heterocycles. The van der Waals surface area contributed by atoms with Gasteiger partial charge in [0.15, 0.2) is 5.25 Å². The molecule has 0 aromatic carbocycles. The molecule has 0 bridgehead atoms. The Labute approximate surface area is 116 Å². The molecule has 0 amide bonds. The molecule has 5 nitrogen and oxygen atoms in total. The molecule has 1 unspecified atom stereocenters. The molecule has 0 aliphatic carbocycles. The summed E-state index contributed by atoms with van der Waals surface area (Å²) in [5.41, 5.74) is 0. The van der Waals surface area contributed by atoms with Crippen LogP contribution < -0.4 is 4.72 Å². The number of hydrogen-bond donors (Lipinski definition) is 1. The lowest BCUT2D eigenvalue weighted by atomic mass is 10.1. The summed E-state index contributed by atoms with van der Waals surface area (Å²) < 4.78 is 26.1. The molecular weight excluding hydrogens is 262 g/mol. The molecule has 108 valence electrons. The van der Waals surface area contributed by atoms with E-state index >= 15 is 0 Å². The third kappa shape index (κ3) is 8.58. The van der Waals surface area contributed by atoms with Crippen molar-refractivity contribution in [2.45, 2.75) is 63.5 Å². The number of nitriles is 2. The fraction of sp³-hybridized carbons (Fsp3) is 0.846. The van der Waals surface area contributed by atoms with E-state index < -0.39 is 15.3 Å². The summed E-state index contributed by atoms with van der Waals surface area (Å²) in [6, 6.07) is 3.94. The minimum absolute atomic E-state index is 0.374. The van der Waals surface area contributed by atoms with Crippen LogP contribution in [0.4, 0.5) is 0 Å². The molecule has 1 N–H and O–H groups in total. The zero-order valence-corrected chi connectivity index (χ0v) is 12.4. The van der Waals surface area contributed by atoms with Crippen molar-refractivity contribution in [3.8, 4) is 12.1 Å². The molecule has 1 atom stereocenters. The van der Waals surface area contributed by atoms with Crippen molar-refractivity contribution in [2.24, 2.45) is 0 Å². The van der Waals surface area contributed by atoms with Gasteiger partial charge in [-0.3, -0.25) is 0 Å². The van der Waals surface area contributed by atoms with Crippen LogP contribution in [-0.4, -0.2) is 20.2 Å². The number of nitrogens with zero attached hydrogens (tertiary/aromatic N) is 2. The van der Waals surface area contributed by atoms with Crippen molar-refractivity contribution < 1.29 is 8.42 Å². The minimum Gasteiger partial charge on any atom is -0.214 e. The van der Waals surface area contributed by atoms with E-state index in [1.807, 2.05) is 13.0 Å². The standard InChI is InChI=1S/C13H23N3O2S/c1-2-3-9-13(12-15)19(17,18)16-11-8-6-4-5-7-10-14/h13,16H,2-9,11H2,1H3. The highest BCUT2D eigenvalue weighted by molar-refractivity contribution is 7.90. The van der Waals surface area contributed by atoms with Crippen LogP contribution in [-0.2, 0) is 10.0 Å². The first kappa shape index (κ1) is 17.9. The van der Waals surface area contributed by atoms with E-state index in [0.717, 1.165) is 38.5 Å². The predicted octanol–water partition coefficient (Wildman–Crippen LogP) is 2.46. The van der Waals surface area contributed by atoms with Gasteiger partial charge in [-0.1, -0.05) is 32.6 Å².